The van der Waals surface area contributed by atoms with Gasteiger partial charge in [-0.1, -0.05) is 37.3 Å². The fourth-order valence-corrected chi connectivity index (χ4v) is 5.44. The van der Waals surface area contributed by atoms with Crippen molar-refractivity contribution in [1.82, 2.24) is 14.1 Å². The van der Waals surface area contributed by atoms with Crippen LogP contribution in [0.3, 0.4) is 0 Å². The highest BCUT2D eigenvalue weighted by molar-refractivity contribution is 7.92. The van der Waals surface area contributed by atoms with Gasteiger partial charge in [-0.25, -0.2) is 8.42 Å². The summed E-state index contributed by atoms with van der Waals surface area (Å²) in [6.07, 6.45) is 6.00. The molecule has 2 heterocycles. The topological polar surface area (TPSA) is 60.9 Å². The average molecular weight is 420 g/mol. The molecule has 2 saturated heterocycles. The van der Waals surface area contributed by atoms with Crippen molar-refractivity contribution in [3.8, 4) is 0 Å². The Morgan fingerprint density at radius 3 is 2.45 bits per heavy atom. The fourth-order valence-electron chi connectivity index (χ4n) is 4.27. The molecule has 3 rings (SSSR count). The van der Waals surface area contributed by atoms with Gasteiger partial charge in [-0.15, -0.1) is 0 Å². The first-order chi connectivity index (χ1) is 13.9. The molecular weight excluding hydrogens is 386 g/mol. The molecule has 160 valence electrons. The minimum absolute atomic E-state index is 0.192. The maximum Gasteiger partial charge on any atom is 0.239 e. The van der Waals surface area contributed by atoms with Gasteiger partial charge in [-0.05, 0) is 44.2 Å². The van der Waals surface area contributed by atoms with Crippen molar-refractivity contribution >= 4 is 22.0 Å². The number of carbonyl (C=O) groups is 1. The van der Waals surface area contributed by atoms with Crippen molar-refractivity contribution in [3.63, 3.8) is 0 Å². The Morgan fingerprint density at radius 2 is 1.79 bits per heavy atom. The third kappa shape index (κ3) is 5.47. The second-order valence-corrected chi connectivity index (χ2v) is 9.78. The lowest BCUT2D eigenvalue weighted by molar-refractivity contribution is -0.140. The van der Waals surface area contributed by atoms with Crippen LogP contribution >= 0.6 is 0 Å². The van der Waals surface area contributed by atoms with E-state index in [0.717, 1.165) is 31.4 Å². The largest absolute Gasteiger partial charge is 0.338 e. The minimum atomic E-state index is -3.45. The summed E-state index contributed by atoms with van der Waals surface area (Å²) in [7, 11) is -3.45. The van der Waals surface area contributed by atoms with Crippen molar-refractivity contribution in [2.45, 2.75) is 51.6 Å². The second-order valence-electron chi connectivity index (χ2n) is 7.96. The van der Waals surface area contributed by atoms with Gasteiger partial charge >= 0.3 is 0 Å². The molecule has 0 saturated carbocycles. The highest BCUT2D eigenvalue weighted by atomic mass is 32.2. The maximum atomic E-state index is 13.0. The number of carbonyl (C=O) groups excluding carboxylic acids is 1. The molecule has 2 aliphatic rings. The van der Waals surface area contributed by atoms with Crippen LogP contribution in [0.4, 0.5) is 0 Å². The molecule has 2 fully saturated rings. The van der Waals surface area contributed by atoms with E-state index in [4.69, 9.17) is 0 Å². The predicted octanol–water partition coefficient (Wildman–Crippen LogP) is 2.78. The molecule has 1 aromatic carbocycles. The van der Waals surface area contributed by atoms with Crippen molar-refractivity contribution in [2.24, 2.45) is 0 Å². The van der Waals surface area contributed by atoms with Crippen LogP contribution in [-0.2, 0) is 14.8 Å². The summed E-state index contributed by atoms with van der Waals surface area (Å²) < 4.78 is 26.8. The molecule has 0 bridgehead atoms. The van der Waals surface area contributed by atoms with E-state index in [-0.39, 0.29) is 11.9 Å². The molecule has 1 amide bonds. The molecule has 6 nitrogen and oxygen atoms in total. The molecule has 7 heteroatoms. The number of amides is 1. The number of piperidine rings is 1. The van der Waals surface area contributed by atoms with E-state index in [1.807, 2.05) is 37.3 Å². The third-order valence-electron chi connectivity index (χ3n) is 6.15. The van der Waals surface area contributed by atoms with Crippen LogP contribution in [0.25, 0.3) is 6.08 Å². The van der Waals surface area contributed by atoms with Gasteiger partial charge in [0.2, 0.25) is 15.9 Å². The smallest absolute Gasteiger partial charge is 0.239 e. The zero-order valence-electron chi connectivity index (χ0n) is 17.5. The van der Waals surface area contributed by atoms with Crippen LogP contribution in [0.5, 0.6) is 0 Å². The monoisotopic (exact) mass is 419 g/mol. The first-order valence-electron chi connectivity index (χ1n) is 10.7. The summed E-state index contributed by atoms with van der Waals surface area (Å²) in [6.45, 7) is 6.94. The third-order valence-corrected chi connectivity index (χ3v) is 7.72. The summed E-state index contributed by atoms with van der Waals surface area (Å²) in [5.41, 5.74) is 0.862. The summed E-state index contributed by atoms with van der Waals surface area (Å²) in [6, 6.07) is 9.57. The standard InChI is InChI=1S/C22H33N3O3S/c1-3-21-11-7-8-13-25(21)22(26)19(2)23-14-16-24(17-15-23)29(27,28)18-12-20-9-5-4-6-10-20/h4-6,9-10,12,18-19,21H,3,7-8,11,13-17H2,1-2H3/b18-12+. The molecule has 2 aliphatic heterocycles. The molecule has 1 aromatic rings. The summed E-state index contributed by atoms with van der Waals surface area (Å²) in [5, 5.41) is 1.28. The number of nitrogens with zero attached hydrogens (tertiary/aromatic N) is 3. The van der Waals surface area contributed by atoms with E-state index in [0.29, 0.717) is 32.2 Å². The van der Waals surface area contributed by atoms with E-state index >= 15 is 0 Å². The Kier molecular flexibility index (Phi) is 7.49. The van der Waals surface area contributed by atoms with Gasteiger partial charge in [0.1, 0.15) is 0 Å². The Morgan fingerprint density at radius 1 is 1.10 bits per heavy atom. The maximum absolute atomic E-state index is 13.0. The van der Waals surface area contributed by atoms with Gasteiger partial charge in [-0.2, -0.15) is 4.31 Å². The number of rotatable bonds is 6. The van der Waals surface area contributed by atoms with Crippen LogP contribution in [-0.4, -0.2) is 73.2 Å². The lowest BCUT2D eigenvalue weighted by atomic mass is 9.99. The SMILES string of the molecule is CCC1CCCCN1C(=O)C(C)N1CCN(S(=O)(=O)/C=C/c2ccccc2)CC1. The molecule has 0 aliphatic carbocycles. The molecule has 0 radical (unpaired) electrons. The molecule has 0 spiro atoms. The normalized spacial score (nSPS) is 23.4. The lowest BCUT2D eigenvalue weighted by Crippen LogP contribution is -2.57. The minimum Gasteiger partial charge on any atom is -0.338 e. The average Bonchev–Trinajstić information content (AvgIpc) is 2.77. The summed E-state index contributed by atoms with van der Waals surface area (Å²) >= 11 is 0. The number of hydrogen-bond acceptors (Lipinski definition) is 4. The van der Waals surface area contributed by atoms with Crippen LogP contribution in [0.2, 0.25) is 0 Å². The van der Waals surface area contributed by atoms with Crippen molar-refractivity contribution < 1.29 is 13.2 Å². The van der Waals surface area contributed by atoms with Crippen molar-refractivity contribution in [3.05, 3.63) is 41.3 Å². The Bertz CT molecular complexity index is 802. The van der Waals surface area contributed by atoms with Gasteiger partial charge in [0.05, 0.1) is 6.04 Å². The number of sulfonamides is 1. The Hall–Kier alpha value is -1.70. The molecule has 2 unspecified atom stereocenters. The van der Waals surface area contributed by atoms with Crippen LogP contribution in [0.15, 0.2) is 35.7 Å². The number of hydrogen-bond donors (Lipinski definition) is 0. The second kappa shape index (κ2) is 9.87. The van der Waals surface area contributed by atoms with Gasteiger partial charge < -0.3 is 4.90 Å². The Labute approximate surface area is 175 Å². The zero-order chi connectivity index (χ0) is 20.9. The van der Waals surface area contributed by atoms with E-state index in [2.05, 4.69) is 16.7 Å². The highest BCUT2D eigenvalue weighted by Gasteiger charge is 2.34. The molecule has 29 heavy (non-hydrogen) atoms. The fraction of sp³-hybridized carbons (Fsp3) is 0.591. The molecular formula is C22H33N3O3S. The first-order valence-corrected chi connectivity index (χ1v) is 12.2. The predicted molar refractivity (Wildman–Crippen MR) is 117 cm³/mol. The number of likely N-dealkylation sites (tertiary alicyclic amines) is 1. The van der Waals surface area contributed by atoms with E-state index in [1.54, 1.807) is 6.08 Å². The summed E-state index contributed by atoms with van der Waals surface area (Å²) in [4.78, 5) is 17.2. The van der Waals surface area contributed by atoms with E-state index in [1.165, 1.54) is 16.1 Å². The van der Waals surface area contributed by atoms with Crippen LogP contribution in [0.1, 0.15) is 45.1 Å². The zero-order valence-corrected chi connectivity index (χ0v) is 18.4. The quantitative estimate of drug-likeness (QED) is 0.711. The Balaban J connectivity index is 1.56. The lowest BCUT2D eigenvalue weighted by Gasteiger charge is -2.41. The van der Waals surface area contributed by atoms with Gasteiger partial charge in [-0.3, -0.25) is 9.69 Å². The number of benzene rings is 1. The first kappa shape index (κ1) is 22.0. The van der Waals surface area contributed by atoms with Gasteiger partial charge in [0.25, 0.3) is 0 Å². The highest BCUT2D eigenvalue weighted by Crippen LogP contribution is 2.22. The van der Waals surface area contributed by atoms with Crippen molar-refractivity contribution in [1.29, 1.82) is 0 Å². The van der Waals surface area contributed by atoms with Crippen LogP contribution < -0.4 is 0 Å². The van der Waals surface area contributed by atoms with Gasteiger partial charge in [0.15, 0.2) is 0 Å². The number of piperazine rings is 1. The molecule has 0 aromatic heterocycles. The van der Waals surface area contributed by atoms with Crippen LogP contribution in [0, 0.1) is 0 Å². The molecule has 0 N–H and O–H groups in total. The van der Waals surface area contributed by atoms with E-state index < -0.39 is 10.0 Å². The van der Waals surface area contributed by atoms with Crippen molar-refractivity contribution in [2.75, 3.05) is 32.7 Å². The molecule has 2 atom stereocenters. The van der Waals surface area contributed by atoms with Gasteiger partial charge in [0, 0.05) is 44.2 Å². The van der Waals surface area contributed by atoms with E-state index in [9.17, 15) is 13.2 Å². The summed E-state index contributed by atoms with van der Waals surface area (Å²) in [5.74, 6) is 0.192.